The predicted molar refractivity (Wildman–Crippen MR) is 62.7 cm³/mol. The van der Waals surface area contributed by atoms with Crippen LogP contribution in [0.5, 0.6) is 0 Å². The molecule has 1 aromatic heterocycles. The third kappa shape index (κ3) is 2.64. The minimum Gasteiger partial charge on any atom is -0.467 e. The number of nitrogens with two attached hydrogens (primary N) is 1. The Morgan fingerprint density at radius 1 is 1.69 bits per heavy atom. The van der Waals surface area contributed by atoms with Gasteiger partial charge in [-0.3, -0.25) is 4.79 Å². The number of hydrogen-bond donors (Lipinski definition) is 2. The molecule has 4 nitrogen and oxygen atoms in total. The first-order valence-corrected chi connectivity index (χ1v) is 5.58. The summed E-state index contributed by atoms with van der Waals surface area (Å²) in [5.41, 5.74) is 5.13. The smallest absolute Gasteiger partial charge is 0.227 e. The van der Waals surface area contributed by atoms with Gasteiger partial charge in [0.05, 0.1) is 17.7 Å². The highest BCUT2D eigenvalue weighted by Crippen LogP contribution is 2.21. The van der Waals surface area contributed by atoms with Crippen molar-refractivity contribution in [2.75, 3.05) is 6.54 Å². The molecular weight excluding hydrogens is 204 g/mol. The predicted octanol–water partition coefficient (Wildman–Crippen LogP) is 1.83. The number of nitrogens with one attached hydrogen (secondary N) is 1. The Kier molecular flexibility index (Phi) is 4.12. The molecule has 0 spiro atoms. The third-order valence-corrected chi connectivity index (χ3v) is 3.10. The van der Waals surface area contributed by atoms with E-state index in [2.05, 4.69) is 5.32 Å². The lowest BCUT2D eigenvalue weighted by molar-refractivity contribution is -0.130. The molecule has 0 aliphatic carbocycles. The highest BCUT2D eigenvalue weighted by molar-refractivity contribution is 5.82. The molecule has 3 N–H and O–H groups in total. The van der Waals surface area contributed by atoms with Crippen molar-refractivity contribution in [3.8, 4) is 0 Å². The van der Waals surface area contributed by atoms with E-state index in [9.17, 15) is 4.79 Å². The average Bonchev–Trinajstić information content (AvgIpc) is 2.81. The van der Waals surface area contributed by atoms with Gasteiger partial charge in [-0.25, -0.2) is 0 Å². The molecule has 0 radical (unpaired) electrons. The lowest BCUT2D eigenvalue weighted by Crippen LogP contribution is -2.44. The van der Waals surface area contributed by atoms with Gasteiger partial charge in [0.15, 0.2) is 0 Å². The van der Waals surface area contributed by atoms with Crippen LogP contribution in [0.4, 0.5) is 0 Å². The normalized spacial score (nSPS) is 16.5. The number of amides is 1. The number of rotatable bonds is 5. The van der Waals surface area contributed by atoms with E-state index in [0.29, 0.717) is 6.54 Å². The Morgan fingerprint density at radius 2 is 2.38 bits per heavy atom. The van der Waals surface area contributed by atoms with Crippen molar-refractivity contribution in [2.45, 2.75) is 33.2 Å². The number of carbonyl (C=O) groups is 1. The van der Waals surface area contributed by atoms with Crippen molar-refractivity contribution in [1.82, 2.24) is 5.32 Å². The highest BCUT2D eigenvalue weighted by Gasteiger charge is 2.30. The molecular formula is C12H20N2O2. The van der Waals surface area contributed by atoms with Crippen molar-refractivity contribution < 1.29 is 9.21 Å². The average molecular weight is 224 g/mol. The van der Waals surface area contributed by atoms with Gasteiger partial charge in [-0.1, -0.05) is 6.92 Å². The van der Waals surface area contributed by atoms with E-state index >= 15 is 0 Å². The zero-order chi connectivity index (χ0) is 12.2. The van der Waals surface area contributed by atoms with Crippen LogP contribution in [0.1, 0.15) is 39.0 Å². The molecule has 1 heterocycles. The molecule has 0 aliphatic heterocycles. The zero-order valence-corrected chi connectivity index (χ0v) is 10.1. The minimum absolute atomic E-state index is 0.0265. The van der Waals surface area contributed by atoms with Gasteiger partial charge < -0.3 is 15.5 Å². The van der Waals surface area contributed by atoms with Crippen LogP contribution in [0.25, 0.3) is 0 Å². The summed E-state index contributed by atoms with van der Waals surface area (Å²) in [5, 5.41) is 2.91. The minimum atomic E-state index is -0.499. The van der Waals surface area contributed by atoms with Gasteiger partial charge >= 0.3 is 0 Å². The van der Waals surface area contributed by atoms with E-state index in [-0.39, 0.29) is 11.9 Å². The molecule has 0 aliphatic rings. The van der Waals surface area contributed by atoms with Crippen molar-refractivity contribution in [2.24, 2.45) is 11.1 Å². The van der Waals surface area contributed by atoms with Crippen LogP contribution in [0, 0.1) is 5.41 Å². The van der Waals surface area contributed by atoms with E-state index < -0.39 is 5.41 Å². The Balaban J connectivity index is 2.64. The Hall–Kier alpha value is -1.29. The fraction of sp³-hybridized carbons (Fsp3) is 0.583. The summed E-state index contributed by atoms with van der Waals surface area (Å²) in [6.45, 7) is 6.07. The van der Waals surface area contributed by atoms with Gasteiger partial charge in [-0.2, -0.15) is 0 Å². The van der Waals surface area contributed by atoms with Gasteiger partial charge in [0, 0.05) is 6.54 Å². The molecule has 2 unspecified atom stereocenters. The molecule has 0 aromatic carbocycles. The molecule has 0 saturated carbocycles. The largest absolute Gasteiger partial charge is 0.467 e. The van der Waals surface area contributed by atoms with Gasteiger partial charge in [-0.05, 0) is 32.4 Å². The van der Waals surface area contributed by atoms with Crippen LogP contribution >= 0.6 is 0 Å². The molecule has 1 rings (SSSR count). The Labute approximate surface area is 96.2 Å². The number of carbonyl (C=O) groups excluding carboxylic acids is 1. The topological polar surface area (TPSA) is 68.3 Å². The van der Waals surface area contributed by atoms with E-state index in [1.807, 2.05) is 26.8 Å². The van der Waals surface area contributed by atoms with Crippen LogP contribution in [-0.4, -0.2) is 12.5 Å². The molecule has 90 valence electrons. The van der Waals surface area contributed by atoms with Crippen LogP contribution in [0.15, 0.2) is 22.8 Å². The summed E-state index contributed by atoms with van der Waals surface area (Å²) in [6, 6.07) is 3.52. The fourth-order valence-corrected chi connectivity index (χ4v) is 1.38. The van der Waals surface area contributed by atoms with Crippen LogP contribution in [0.3, 0.4) is 0 Å². The molecule has 2 atom stereocenters. The maximum atomic E-state index is 12.0. The maximum absolute atomic E-state index is 12.0. The first-order valence-electron chi connectivity index (χ1n) is 5.58. The maximum Gasteiger partial charge on any atom is 0.227 e. The van der Waals surface area contributed by atoms with Crippen LogP contribution in [-0.2, 0) is 4.79 Å². The standard InChI is InChI=1S/C12H20N2O2/c1-4-12(3,8-13)11(15)14-9(2)10-6-5-7-16-10/h5-7,9H,4,8,13H2,1-3H3,(H,14,15). The van der Waals surface area contributed by atoms with Crippen molar-refractivity contribution in [1.29, 1.82) is 0 Å². The summed E-state index contributed by atoms with van der Waals surface area (Å²) in [7, 11) is 0. The zero-order valence-electron chi connectivity index (χ0n) is 10.1. The number of hydrogen-bond acceptors (Lipinski definition) is 3. The molecule has 1 amide bonds. The highest BCUT2D eigenvalue weighted by atomic mass is 16.3. The van der Waals surface area contributed by atoms with E-state index in [4.69, 9.17) is 10.2 Å². The molecule has 0 bridgehead atoms. The van der Waals surface area contributed by atoms with Crippen molar-refractivity contribution >= 4 is 5.91 Å². The molecule has 16 heavy (non-hydrogen) atoms. The summed E-state index contributed by atoms with van der Waals surface area (Å²) < 4.78 is 5.23. The van der Waals surface area contributed by atoms with E-state index in [0.717, 1.165) is 12.2 Å². The monoisotopic (exact) mass is 224 g/mol. The van der Waals surface area contributed by atoms with Crippen molar-refractivity contribution in [3.05, 3.63) is 24.2 Å². The summed E-state index contributed by atoms with van der Waals surface area (Å²) in [6.07, 6.45) is 2.32. The van der Waals surface area contributed by atoms with Crippen LogP contribution < -0.4 is 11.1 Å². The first kappa shape index (κ1) is 12.8. The Bertz CT molecular complexity index is 329. The van der Waals surface area contributed by atoms with Gasteiger partial charge in [0.25, 0.3) is 0 Å². The molecule has 0 saturated heterocycles. The van der Waals surface area contributed by atoms with Crippen LogP contribution in [0.2, 0.25) is 0 Å². The lowest BCUT2D eigenvalue weighted by atomic mass is 9.86. The molecule has 0 fully saturated rings. The SMILES string of the molecule is CCC(C)(CN)C(=O)NC(C)c1ccco1. The second kappa shape index (κ2) is 5.16. The molecule has 4 heteroatoms. The second-order valence-corrected chi connectivity index (χ2v) is 4.33. The lowest BCUT2D eigenvalue weighted by Gasteiger charge is -2.26. The van der Waals surface area contributed by atoms with Gasteiger partial charge in [0.1, 0.15) is 5.76 Å². The van der Waals surface area contributed by atoms with Gasteiger partial charge in [0.2, 0.25) is 5.91 Å². The third-order valence-electron chi connectivity index (χ3n) is 3.10. The Morgan fingerprint density at radius 3 is 2.81 bits per heavy atom. The summed E-state index contributed by atoms with van der Waals surface area (Å²) in [4.78, 5) is 12.0. The fourth-order valence-electron chi connectivity index (χ4n) is 1.38. The second-order valence-electron chi connectivity index (χ2n) is 4.33. The summed E-state index contributed by atoms with van der Waals surface area (Å²) >= 11 is 0. The van der Waals surface area contributed by atoms with E-state index in [1.165, 1.54) is 0 Å². The molecule has 1 aromatic rings. The first-order chi connectivity index (χ1) is 7.53. The van der Waals surface area contributed by atoms with E-state index in [1.54, 1.807) is 12.3 Å². The number of furan rings is 1. The van der Waals surface area contributed by atoms with Crippen molar-refractivity contribution in [3.63, 3.8) is 0 Å². The van der Waals surface area contributed by atoms with Gasteiger partial charge in [-0.15, -0.1) is 0 Å². The summed E-state index contributed by atoms with van der Waals surface area (Å²) in [5.74, 6) is 0.727. The quantitative estimate of drug-likeness (QED) is 0.801.